The number of nitrogens with zero attached hydrogens (tertiary/aromatic N) is 4. The van der Waals surface area contributed by atoms with Gasteiger partial charge >= 0.3 is 0 Å². The average Bonchev–Trinajstić information content (AvgIpc) is 3.23. The summed E-state index contributed by atoms with van der Waals surface area (Å²) in [5.41, 5.74) is 3.94. The number of aromatic nitrogens is 1. The third kappa shape index (κ3) is 5.27. The first-order chi connectivity index (χ1) is 18.0. The second-order valence-electron chi connectivity index (χ2n) is 9.18. The normalized spacial score (nSPS) is 16.8. The molecule has 1 atom stereocenters. The molecule has 0 bridgehead atoms. The number of hydrogen-bond donors (Lipinski definition) is 0. The molecule has 0 N–H and O–H groups in total. The van der Waals surface area contributed by atoms with E-state index >= 15 is 0 Å². The van der Waals surface area contributed by atoms with Gasteiger partial charge < -0.3 is 4.90 Å². The van der Waals surface area contributed by atoms with E-state index in [2.05, 4.69) is 6.07 Å². The lowest BCUT2D eigenvalue weighted by Gasteiger charge is -2.28. The maximum Gasteiger partial charge on any atom is 0.257 e. The highest BCUT2D eigenvalue weighted by molar-refractivity contribution is 8.00. The van der Waals surface area contributed by atoms with Crippen LogP contribution >= 0.6 is 11.8 Å². The fraction of sp³-hybridized carbons (Fsp3) is 0.276. The van der Waals surface area contributed by atoms with Crippen LogP contribution < -0.4 is 4.90 Å². The third-order valence-corrected chi connectivity index (χ3v) is 7.72. The van der Waals surface area contributed by atoms with Crippen molar-refractivity contribution >= 4 is 35.2 Å². The molecule has 3 amide bonds. The van der Waals surface area contributed by atoms with Crippen molar-refractivity contribution in [3.63, 3.8) is 0 Å². The van der Waals surface area contributed by atoms with E-state index in [1.165, 1.54) is 21.6 Å². The van der Waals surface area contributed by atoms with Gasteiger partial charge in [0.2, 0.25) is 11.8 Å². The molecule has 0 saturated carbocycles. The lowest BCUT2D eigenvalue weighted by atomic mass is 9.95. The van der Waals surface area contributed by atoms with Crippen molar-refractivity contribution in [1.29, 1.82) is 5.26 Å². The van der Waals surface area contributed by atoms with E-state index in [-0.39, 0.29) is 30.5 Å². The maximum absolute atomic E-state index is 13.6. The smallest absolute Gasteiger partial charge is 0.257 e. The summed E-state index contributed by atoms with van der Waals surface area (Å²) >= 11 is 1.21. The number of fused-ring (bicyclic) bond motifs is 1. The van der Waals surface area contributed by atoms with E-state index in [4.69, 9.17) is 4.98 Å². The van der Waals surface area contributed by atoms with Gasteiger partial charge in [0.15, 0.2) is 0 Å². The largest absolute Gasteiger partial charge is 0.325 e. The third-order valence-electron chi connectivity index (χ3n) is 6.75. The van der Waals surface area contributed by atoms with Crippen molar-refractivity contribution in [2.24, 2.45) is 0 Å². The fourth-order valence-corrected chi connectivity index (χ4v) is 5.74. The van der Waals surface area contributed by atoms with Crippen molar-refractivity contribution in [3.05, 3.63) is 89.1 Å². The zero-order valence-corrected chi connectivity index (χ0v) is 21.1. The monoisotopic (exact) mass is 510 g/mol. The lowest BCUT2D eigenvalue weighted by molar-refractivity contribution is -0.136. The molecule has 2 aromatic carbocycles. The number of aryl methyl sites for hydroxylation is 2. The topological polar surface area (TPSA) is 94.4 Å². The molecule has 5 rings (SSSR count). The van der Waals surface area contributed by atoms with Crippen LogP contribution in [0.15, 0.2) is 71.8 Å². The van der Waals surface area contributed by atoms with Crippen LogP contribution in [0.5, 0.6) is 0 Å². The van der Waals surface area contributed by atoms with Crippen molar-refractivity contribution < 1.29 is 14.4 Å². The number of para-hydroxylation sites is 1. The van der Waals surface area contributed by atoms with E-state index in [1.807, 2.05) is 42.5 Å². The number of carbonyl (C=O) groups is 3. The van der Waals surface area contributed by atoms with Crippen molar-refractivity contribution in [2.75, 3.05) is 10.7 Å². The first-order valence-corrected chi connectivity index (χ1v) is 13.3. The molecule has 186 valence electrons. The Hall–Kier alpha value is -3.96. The lowest BCUT2D eigenvalue weighted by Crippen LogP contribution is -2.45. The van der Waals surface area contributed by atoms with Gasteiger partial charge in [-0.3, -0.25) is 14.4 Å². The van der Waals surface area contributed by atoms with Crippen LogP contribution in [0.1, 0.15) is 41.6 Å². The van der Waals surface area contributed by atoms with E-state index in [0.29, 0.717) is 16.3 Å². The molecule has 8 heteroatoms. The van der Waals surface area contributed by atoms with Gasteiger partial charge in [-0.05, 0) is 55.0 Å². The second kappa shape index (κ2) is 11.0. The summed E-state index contributed by atoms with van der Waals surface area (Å²) in [4.78, 5) is 47.3. The minimum absolute atomic E-state index is 0.0105. The summed E-state index contributed by atoms with van der Waals surface area (Å²) in [5.74, 6) is -1.01. The molecule has 3 aromatic rings. The summed E-state index contributed by atoms with van der Waals surface area (Å²) in [6.45, 7) is 0.204. The predicted molar refractivity (Wildman–Crippen MR) is 141 cm³/mol. The number of rotatable bonds is 7. The van der Waals surface area contributed by atoms with Crippen LogP contribution in [0, 0.1) is 11.3 Å². The molecule has 1 aromatic heterocycles. The van der Waals surface area contributed by atoms with E-state index in [0.717, 1.165) is 42.5 Å². The molecule has 1 aliphatic carbocycles. The molecular formula is C29H26N4O3S. The summed E-state index contributed by atoms with van der Waals surface area (Å²) in [5, 5.41) is 10.2. The van der Waals surface area contributed by atoms with Crippen LogP contribution in [-0.4, -0.2) is 39.4 Å². The molecule has 7 nitrogen and oxygen atoms in total. The number of thioether (sulfide) groups is 1. The Kier molecular flexibility index (Phi) is 7.33. The number of benzene rings is 2. The van der Waals surface area contributed by atoms with Crippen LogP contribution in [0.3, 0.4) is 0 Å². The number of hydrogen-bond acceptors (Lipinski definition) is 6. The fourth-order valence-electron chi connectivity index (χ4n) is 4.88. The Morgan fingerprint density at radius 1 is 1.05 bits per heavy atom. The molecular weight excluding hydrogens is 484 g/mol. The van der Waals surface area contributed by atoms with Gasteiger partial charge in [-0.25, -0.2) is 9.88 Å². The first-order valence-electron chi connectivity index (χ1n) is 12.4. The van der Waals surface area contributed by atoms with Crippen molar-refractivity contribution in [2.45, 2.75) is 49.7 Å². The number of anilines is 1. The zero-order chi connectivity index (χ0) is 25.8. The Morgan fingerprint density at radius 3 is 2.49 bits per heavy atom. The first kappa shape index (κ1) is 24.7. The molecule has 2 aliphatic rings. The zero-order valence-electron chi connectivity index (χ0n) is 20.3. The minimum atomic E-state index is -0.895. The number of amides is 3. The van der Waals surface area contributed by atoms with Gasteiger partial charge in [0.25, 0.3) is 5.91 Å². The summed E-state index contributed by atoms with van der Waals surface area (Å²) < 4.78 is 0. The molecule has 1 saturated heterocycles. The minimum Gasteiger partial charge on any atom is -0.325 e. The summed E-state index contributed by atoms with van der Waals surface area (Å²) in [6.07, 6.45) is 3.87. The van der Waals surface area contributed by atoms with Crippen molar-refractivity contribution in [1.82, 2.24) is 9.88 Å². The SMILES string of the molecule is N#Cc1cc2c(nc1SCC(=O)N(Cc1ccccc1)C1CC(=O)N(c3ccccc3)C1=O)CCCC2. The average molecular weight is 511 g/mol. The van der Waals surface area contributed by atoms with Gasteiger partial charge in [-0.1, -0.05) is 60.3 Å². The van der Waals surface area contributed by atoms with Gasteiger partial charge in [0.05, 0.1) is 23.4 Å². The molecule has 0 radical (unpaired) electrons. The van der Waals surface area contributed by atoms with Crippen LogP contribution in [0.25, 0.3) is 0 Å². The second-order valence-corrected chi connectivity index (χ2v) is 10.1. The molecule has 1 unspecified atom stereocenters. The van der Waals surface area contributed by atoms with E-state index < -0.39 is 11.9 Å². The van der Waals surface area contributed by atoms with E-state index in [1.54, 1.807) is 24.3 Å². The maximum atomic E-state index is 13.6. The van der Waals surface area contributed by atoms with Gasteiger partial charge in [0, 0.05) is 12.2 Å². The molecule has 2 heterocycles. The van der Waals surface area contributed by atoms with Crippen LogP contribution in [-0.2, 0) is 33.8 Å². The predicted octanol–water partition coefficient (Wildman–Crippen LogP) is 4.29. The number of pyridine rings is 1. The van der Waals surface area contributed by atoms with E-state index in [9.17, 15) is 19.6 Å². The number of carbonyl (C=O) groups excluding carboxylic acids is 3. The van der Waals surface area contributed by atoms with Gasteiger partial charge in [-0.15, -0.1) is 0 Å². The number of imide groups is 1. The highest BCUT2D eigenvalue weighted by Gasteiger charge is 2.44. The van der Waals surface area contributed by atoms with Gasteiger partial charge in [-0.2, -0.15) is 5.26 Å². The quantitative estimate of drug-likeness (QED) is 0.348. The molecule has 1 aliphatic heterocycles. The Balaban J connectivity index is 1.39. The number of nitriles is 1. The Labute approximate surface area is 220 Å². The molecule has 1 fully saturated rings. The Bertz CT molecular complexity index is 1370. The van der Waals surface area contributed by atoms with Crippen molar-refractivity contribution in [3.8, 4) is 6.07 Å². The van der Waals surface area contributed by atoms with Crippen LogP contribution in [0.4, 0.5) is 5.69 Å². The highest BCUT2D eigenvalue weighted by Crippen LogP contribution is 2.30. The standard InChI is InChI=1S/C29H26N4O3S/c30-17-22-15-21-11-7-8-14-24(21)31-28(22)37-19-27(35)32(18-20-9-3-1-4-10-20)25-16-26(34)33(29(25)36)23-12-5-2-6-13-23/h1-6,9-10,12-13,15,25H,7-8,11,14,16,18-19H2. The summed E-state index contributed by atoms with van der Waals surface area (Å²) in [7, 11) is 0. The summed E-state index contributed by atoms with van der Waals surface area (Å²) in [6, 6.07) is 21.4. The van der Waals surface area contributed by atoms with Crippen LogP contribution in [0.2, 0.25) is 0 Å². The highest BCUT2D eigenvalue weighted by atomic mass is 32.2. The molecule has 37 heavy (non-hydrogen) atoms. The molecule has 0 spiro atoms. The Morgan fingerprint density at radius 2 is 1.76 bits per heavy atom. The van der Waals surface area contributed by atoms with Gasteiger partial charge in [0.1, 0.15) is 17.1 Å².